The molecule has 3 amide bonds. The second-order valence-corrected chi connectivity index (χ2v) is 15.3. The second kappa shape index (κ2) is 17.8. The van der Waals surface area contributed by atoms with Gasteiger partial charge in [0.25, 0.3) is 0 Å². The maximum atomic E-state index is 14.8. The molecule has 1 unspecified atom stereocenters. The zero-order chi connectivity index (χ0) is 37.4. The van der Waals surface area contributed by atoms with Gasteiger partial charge < -0.3 is 29.3 Å². The highest BCUT2D eigenvalue weighted by molar-refractivity contribution is 9.09. The lowest BCUT2D eigenvalue weighted by atomic mass is 9.70. The first-order chi connectivity index (χ1) is 25.1. The van der Waals surface area contributed by atoms with E-state index in [1.54, 1.807) is 33.9 Å². The van der Waals surface area contributed by atoms with E-state index < -0.39 is 47.7 Å². The van der Waals surface area contributed by atoms with Gasteiger partial charge in [0.15, 0.2) is 0 Å². The Labute approximate surface area is 315 Å². The molecular weight excluding hydrogens is 726 g/mol. The van der Waals surface area contributed by atoms with Crippen LogP contribution in [0, 0.1) is 11.8 Å². The van der Waals surface area contributed by atoms with E-state index in [1.165, 1.54) is 0 Å². The fraction of sp³-hybridized carbons (Fsp3) is 0.512. The number of aliphatic hydroxyl groups is 1. The van der Waals surface area contributed by atoms with Crippen molar-refractivity contribution >= 4 is 39.6 Å². The van der Waals surface area contributed by atoms with Crippen molar-refractivity contribution in [3.63, 3.8) is 0 Å². The van der Waals surface area contributed by atoms with Gasteiger partial charge in [-0.25, -0.2) is 0 Å². The molecule has 1 spiro atoms. The van der Waals surface area contributed by atoms with Crippen LogP contribution in [-0.4, -0.2) is 98.9 Å². The molecule has 280 valence electrons. The summed E-state index contributed by atoms with van der Waals surface area (Å²) in [5.74, 6) is -3.13. The van der Waals surface area contributed by atoms with Gasteiger partial charge in [-0.2, -0.15) is 0 Å². The number of hydrogen-bond acceptors (Lipinski definition) is 7. The number of hydrogen-bond donors (Lipinski definition) is 1. The van der Waals surface area contributed by atoms with Crippen LogP contribution >= 0.6 is 15.9 Å². The third kappa shape index (κ3) is 8.06. The van der Waals surface area contributed by atoms with Crippen LogP contribution in [0.15, 0.2) is 86.0 Å². The Morgan fingerprint density at radius 1 is 1.06 bits per heavy atom. The first kappa shape index (κ1) is 39.4. The molecule has 5 rings (SSSR count). The lowest BCUT2D eigenvalue weighted by molar-refractivity contribution is -0.164. The molecule has 8 atom stereocenters. The van der Waals surface area contributed by atoms with Gasteiger partial charge in [0.05, 0.1) is 24.0 Å². The summed E-state index contributed by atoms with van der Waals surface area (Å²) < 4.78 is 13.2. The maximum absolute atomic E-state index is 14.8. The number of unbranched alkanes of at least 4 members (excludes halogenated alkanes) is 3. The molecule has 2 bridgehead atoms. The number of ether oxygens (including phenoxy) is 2. The molecule has 0 aliphatic carbocycles. The molecule has 3 aliphatic rings. The van der Waals surface area contributed by atoms with Gasteiger partial charge in [-0.15, -0.1) is 13.2 Å². The SMILES string of the molecule is C=CCCC(=O)N(C)[C@@H](C)[C@@H](OC(=O)[C@@H]1[C@H]2O[C@@]3(CC2Br)[C@H](C(=O)N(CC=C)Cc2ccccc2)N(CCCCCCO)C(=O)[C@@H]13)c1ccccc1. The predicted molar refractivity (Wildman–Crippen MR) is 202 cm³/mol. The molecule has 1 N–H and O–H groups in total. The molecule has 3 heterocycles. The Morgan fingerprint density at radius 2 is 1.73 bits per heavy atom. The highest BCUT2D eigenvalue weighted by Crippen LogP contribution is 2.60. The molecule has 2 aromatic rings. The van der Waals surface area contributed by atoms with Crippen molar-refractivity contribution in [3.8, 4) is 0 Å². The average molecular weight is 779 g/mol. The number of benzene rings is 2. The quantitative estimate of drug-likeness (QED) is 0.0855. The van der Waals surface area contributed by atoms with Gasteiger partial charge in [0.1, 0.15) is 17.7 Å². The maximum Gasteiger partial charge on any atom is 0.313 e. The molecule has 11 heteroatoms. The van der Waals surface area contributed by atoms with Gasteiger partial charge in [-0.05, 0) is 43.7 Å². The highest BCUT2D eigenvalue weighted by atomic mass is 79.9. The molecule has 2 aromatic carbocycles. The standard InChI is InChI=1S/C41H52BrN3O7/c1-5-7-22-32(47)43(4)28(3)35(30-20-14-11-15-21-30)51-40(50)33-34-38(48)45(24-16-8-9-17-25-46)37(41(34)26-31(42)36(33)52-41)39(49)44(23-6-2)27-29-18-12-10-13-19-29/h5-6,10-15,18-21,28,31,33-37,46H,1-2,7-9,16-17,22-27H2,3-4H3/t28-,31?,33-,34+,35+,36-,37-,41+/m0/s1. The number of halogens is 1. The smallest absolute Gasteiger partial charge is 0.313 e. The summed E-state index contributed by atoms with van der Waals surface area (Å²) in [5.41, 5.74) is 0.415. The number of carbonyl (C=O) groups is 4. The molecule has 52 heavy (non-hydrogen) atoms. The minimum absolute atomic E-state index is 0.0952. The minimum atomic E-state index is -1.25. The van der Waals surface area contributed by atoms with E-state index in [2.05, 4.69) is 29.1 Å². The van der Waals surface area contributed by atoms with Crippen LogP contribution in [0.25, 0.3) is 0 Å². The van der Waals surface area contributed by atoms with Gasteiger partial charge in [0, 0.05) is 44.5 Å². The van der Waals surface area contributed by atoms with E-state index in [9.17, 15) is 24.3 Å². The van der Waals surface area contributed by atoms with E-state index in [-0.39, 0.29) is 42.1 Å². The predicted octanol–water partition coefficient (Wildman–Crippen LogP) is 5.60. The average Bonchev–Trinajstić information content (AvgIpc) is 3.75. The van der Waals surface area contributed by atoms with E-state index in [1.807, 2.05) is 67.6 Å². The van der Waals surface area contributed by atoms with Crippen LogP contribution < -0.4 is 0 Å². The van der Waals surface area contributed by atoms with Crippen LogP contribution in [0.5, 0.6) is 0 Å². The summed E-state index contributed by atoms with van der Waals surface area (Å²) in [6, 6.07) is 17.5. The van der Waals surface area contributed by atoms with Crippen LogP contribution in [0.1, 0.15) is 69.1 Å². The lowest BCUT2D eigenvalue weighted by Gasteiger charge is -2.37. The molecule has 0 radical (unpaired) electrons. The van der Waals surface area contributed by atoms with Crippen LogP contribution in [-0.2, 0) is 35.2 Å². The molecule has 10 nitrogen and oxygen atoms in total. The normalized spacial score (nSPS) is 25.7. The van der Waals surface area contributed by atoms with E-state index >= 15 is 0 Å². The number of aliphatic hydroxyl groups excluding tert-OH is 1. The number of carbonyl (C=O) groups excluding carboxylic acids is 4. The van der Waals surface area contributed by atoms with Crippen molar-refractivity contribution in [3.05, 3.63) is 97.1 Å². The summed E-state index contributed by atoms with van der Waals surface area (Å²) >= 11 is 3.77. The molecule has 3 aliphatic heterocycles. The van der Waals surface area contributed by atoms with E-state index in [4.69, 9.17) is 9.47 Å². The number of alkyl halides is 1. The molecule has 3 saturated heterocycles. The lowest BCUT2D eigenvalue weighted by Crippen LogP contribution is -2.56. The Hall–Kier alpha value is -3.80. The largest absolute Gasteiger partial charge is 0.455 e. The molecule has 0 saturated carbocycles. The zero-order valence-corrected chi connectivity index (χ0v) is 31.9. The van der Waals surface area contributed by atoms with Crippen LogP contribution in [0.2, 0.25) is 0 Å². The summed E-state index contributed by atoms with van der Waals surface area (Å²) in [7, 11) is 1.70. The zero-order valence-electron chi connectivity index (χ0n) is 30.3. The monoisotopic (exact) mass is 777 g/mol. The number of rotatable bonds is 19. The molecule has 0 aromatic heterocycles. The van der Waals surface area contributed by atoms with Crippen LogP contribution in [0.4, 0.5) is 0 Å². The van der Waals surface area contributed by atoms with Gasteiger partial charge in [0.2, 0.25) is 17.7 Å². The van der Waals surface area contributed by atoms with Crippen molar-refractivity contribution in [1.29, 1.82) is 0 Å². The van der Waals surface area contributed by atoms with Gasteiger partial charge in [-0.1, -0.05) is 102 Å². The molecular formula is C41H52BrN3O7. The summed E-state index contributed by atoms with van der Waals surface area (Å²) in [4.78, 5) is 61.8. The summed E-state index contributed by atoms with van der Waals surface area (Å²) in [5, 5.41) is 9.30. The topological polar surface area (TPSA) is 117 Å². The van der Waals surface area contributed by atoms with Crippen molar-refractivity contribution in [2.45, 2.75) is 93.1 Å². The third-order valence-corrected chi connectivity index (χ3v) is 11.7. The molecule has 3 fully saturated rings. The van der Waals surface area contributed by atoms with Gasteiger partial charge in [-0.3, -0.25) is 19.2 Å². The number of fused-ring (bicyclic) bond motifs is 1. The third-order valence-electron chi connectivity index (χ3n) is 10.9. The highest BCUT2D eigenvalue weighted by Gasteiger charge is 2.77. The van der Waals surface area contributed by atoms with E-state index in [0.29, 0.717) is 38.8 Å². The fourth-order valence-corrected chi connectivity index (χ4v) is 9.10. The first-order valence-corrected chi connectivity index (χ1v) is 19.3. The number of esters is 1. The first-order valence-electron chi connectivity index (χ1n) is 18.4. The minimum Gasteiger partial charge on any atom is -0.455 e. The van der Waals surface area contributed by atoms with Crippen LogP contribution in [0.3, 0.4) is 0 Å². The number of amides is 3. The number of allylic oxidation sites excluding steroid dienone is 1. The fourth-order valence-electron chi connectivity index (χ4n) is 8.15. The summed E-state index contributed by atoms with van der Waals surface area (Å²) in [6.45, 7) is 10.5. The summed E-state index contributed by atoms with van der Waals surface area (Å²) in [6.07, 6.45) is 5.90. The van der Waals surface area contributed by atoms with Crippen molar-refractivity contribution in [2.75, 3.05) is 26.7 Å². The van der Waals surface area contributed by atoms with Crippen molar-refractivity contribution in [1.82, 2.24) is 14.7 Å². The Kier molecular flexibility index (Phi) is 13.5. The number of nitrogens with zero attached hydrogens (tertiary/aromatic N) is 3. The number of likely N-dealkylation sites (tertiary alicyclic amines) is 1. The Balaban J connectivity index is 1.48. The Bertz CT molecular complexity index is 1570. The van der Waals surface area contributed by atoms with Gasteiger partial charge >= 0.3 is 5.97 Å². The van der Waals surface area contributed by atoms with E-state index in [0.717, 1.165) is 24.0 Å². The second-order valence-electron chi connectivity index (χ2n) is 14.2. The van der Waals surface area contributed by atoms with Crippen molar-refractivity contribution in [2.24, 2.45) is 11.8 Å². The Morgan fingerprint density at radius 3 is 2.38 bits per heavy atom. The number of likely N-dealkylation sites (N-methyl/N-ethyl adjacent to an activating group) is 1. The van der Waals surface area contributed by atoms with Crippen molar-refractivity contribution < 1.29 is 33.8 Å².